The number of aromatic nitrogens is 1. The van der Waals surface area contributed by atoms with Gasteiger partial charge in [0.25, 0.3) is 0 Å². The monoisotopic (exact) mass is 343 g/mol. The Bertz CT molecular complexity index is 831. The number of anilines is 1. The zero-order valence-corrected chi connectivity index (χ0v) is 13.7. The van der Waals surface area contributed by atoms with E-state index in [0.29, 0.717) is 43.3 Å². The second-order valence-corrected chi connectivity index (χ2v) is 6.01. The summed E-state index contributed by atoms with van der Waals surface area (Å²) in [5, 5.41) is 6.51. The predicted octanol–water partition coefficient (Wildman–Crippen LogP) is 1.74. The lowest BCUT2D eigenvalue weighted by molar-refractivity contribution is -0.119. The van der Waals surface area contributed by atoms with Gasteiger partial charge in [0, 0.05) is 25.0 Å². The highest BCUT2D eigenvalue weighted by atomic mass is 16.6. The maximum Gasteiger partial charge on any atom is 0.414 e. The molecule has 0 saturated carbocycles. The number of nitrogens with one attached hydrogen (secondary N) is 1. The van der Waals surface area contributed by atoms with Crippen LogP contribution in [0.4, 0.5) is 10.5 Å². The Morgan fingerprint density at radius 2 is 2.32 bits per heavy atom. The molecular formula is C17H17N3O5. The van der Waals surface area contributed by atoms with Crippen LogP contribution >= 0.6 is 0 Å². The van der Waals surface area contributed by atoms with Crippen molar-refractivity contribution in [2.24, 2.45) is 0 Å². The average Bonchev–Trinajstić information content (AvgIpc) is 3.15. The minimum Gasteiger partial charge on any atom is -0.492 e. The van der Waals surface area contributed by atoms with Crippen LogP contribution in [0.5, 0.6) is 5.75 Å². The van der Waals surface area contributed by atoms with Crippen molar-refractivity contribution in [1.82, 2.24) is 10.5 Å². The molecule has 0 aliphatic carbocycles. The van der Waals surface area contributed by atoms with E-state index in [-0.39, 0.29) is 12.0 Å². The van der Waals surface area contributed by atoms with Gasteiger partial charge in [-0.2, -0.15) is 0 Å². The normalized spacial score (nSPS) is 18.7. The van der Waals surface area contributed by atoms with Crippen molar-refractivity contribution >= 4 is 17.7 Å². The number of amides is 2. The molecule has 1 saturated heterocycles. The molecule has 1 atom stereocenters. The van der Waals surface area contributed by atoms with Crippen molar-refractivity contribution in [3.05, 3.63) is 30.0 Å². The van der Waals surface area contributed by atoms with Gasteiger partial charge in [-0.15, -0.1) is 0 Å². The smallest absolute Gasteiger partial charge is 0.414 e. The van der Waals surface area contributed by atoms with Gasteiger partial charge in [0.15, 0.2) is 5.76 Å². The molecule has 0 radical (unpaired) electrons. The molecule has 1 aromatic carbocycles. The lowest BCUT2D eigenvalue weighted by atomic mass is 10.1. The largest absolute Gasteiger partial charge is 0.492 e. The van der Waals surface area contributed by atoms with Crippen molar-refractivity contribution < 1.29 is 23.6 Å². The number of cyclic esters (lactones) is 1. The first-order valence-corrected chi connectivity index (χ1v) is 8.05. The molecule has 8 nitrogen and oxygen atoms in total. The van der Waals surface area contributed by atoms with Crippen LogP contribution in [-0.2, 0) is 16.0 Å². The predicted molar refractivity (Wildman–Crippen MR) is 87.4 cm³/mol. The summed E-state index contributed by atoms with van der Waals surface area (Å²) in [5.41, 5.74) is 2.50. The van der Waals surface area contributed by atoms with Gasteiger partial charge in [0.2, 0.25) is 5.91 Å². The maximum absolute atomic E-state index is 12.1. The number of nitrogens with zero attached hydrogens (tertiary/aromatic N) is 2. The summed E-state index contributed by atoms with van der Waals surface area (Å²) >= 11 is 0. The third-order valence-electron chi connectivity index (χ3n) is 4.25. The van der Waals surface area contributed by atoms with E-state index in [2.05, 4.69) is 10.5 Å². The third-order valence-corrected chi connectivity index (χ3v) is 4.25. The molecule has 0 bridgehead atoms. The standard InChI is InChI=1S/C17H17N3O5/c1-10(21)18-8-13-9-20(17(22)24-13)12-2-3-14-15(6-12)23-5-4-11-7-19-25-16(11)14/h2-3,6-7,13H,4-5,8-9H2,1H3,(H,18,21). The van der Waals surface area contributed by atoms with Gasteiger partial charge in [-0.05, 0) is 12.1 Å². The molecule has 4 rings (SSSR count). The molecule has 2 aliphatic rings. The second kappa shape index (κ2) is 6.12. The molecule has 8 heteroatoms. The Morgan fingerprint density at radius 1 is 1.44 bits per heavy atom. The molecule has 1 unspecified atom stereocenters. The SMILES string of the molecule is CC(=O)NCC1CN(c2ccc3c(c2)OCCc2cnoc2-3)C(=O)O1. The van der Waals surface area contributed by atoms with Gasteiger partial charge in [0.05, 0.1) is 37.1 Å². The first-order valence-electron chi connectivity index (χ1n) is 8.05. The highest BCUT2D eigenvalue weighted by molar-refractivity contribution is 5.91. The molecular weight excluding hydrogens is 326 g/mol. The molecule has 25 heavy (non-hydrogen) atoms. The highest BCUT2D eigenvalue weighted by Gasteiger charge is 2.33. The first kappa shape index (κ1) is 15.5. The van der Waals surface area contributed by atoms with Crippen molar-refractivity contribution in [2.75, 3.05) is 24.6 Å². The third kappa shape index (κ3) is 2.90. The van der Waals surface area contributed by atoms with E-state index in [4.69, 9.17) is 14.0 Å². The average molecular weight is 343 g/mol. The number of hydrogen-bond acceptors (Lipinski definition) is 6. The minimum atomic E-state index is -0.440. The number of carbonyl (C=O) groups is 2. The summed E-state index contributed by atoms with van der Waals surface area (Å²) in [5.74, 6) is 1.19. The van der Waals surface area contributed by atoms with Gasteiger partial charge >= 0.3 is 6.09 Å². The van der Waals surface area contributed by atoms with E-state index < -0.39 is 6.09 Å². The van der Waals surface area contributed by atoms with E-state index in [1.165, 1.54) is 11.8 Å². The molecule has 3 heterocycles. The van der Waals surface area contributed by atoms with Crippen LogP contribution in [0.2, 0.25) is 0 Å². The molecule has 2 aliphatic heterocycles. The molecule has 1 fully saturated rings. The number of carbonyl (C=O) groups excluding carboxylic acids is 2. The van der Waals surface area contributed by atoms with Crippen LogP contribution in [0.25, 0.3) is 11.3 Å². The van der Waals surface area contributed by atoms with E-state index in [1.54, 1.807) is 12.3 Å². The van der Waals surface area contributed by atoms with Crippen molar-refractivity contribution in [2.45, 2.75) is 19.4 Å². The van der Waals surface area contributed by atoms with Crippen LogP contribution in [0.3, 0.4) is 0 Å². The fourth-order valence-corrected chi connectivity index (χ4v) is 3.01. The molecule has 130 valence electrons. The lowest BCUT2D eigenvalue weighted by Crippen LogP contribution is -2.33. The quantitative estimate of drug-likeness (QED) is 0.912. The van der Waals surface area contributed by atoms with Gasteiger partial charge in [-0.25, -0.2) is 4.79 Å². The van der Waals surface area contributed by atoms with Crippen LogP contribution in [0, 0.1) is 0 Å². The van der Waals surface area contributed by atoms with Crippen molar-refractivity contribution in [3.63, 3.8) is 0 Å². The van der Waals surface area contributed by atoms with E-state index in [0.717, 1.165) is 11.1 Å². The van der Waals surface area contributed by atoms with E-state index >= 15 is 0 Å². The second-order valence-electron chi connectivity index (χ2n) is 6.01. The number of rotatable bonds is 3. The Morgan fingerprint density at radius 3 is 3.16 bits per heavy atom. The van der Waals surface area contributed by atoms with Crippen LogP contribution in [0.15, 0.2) is 28.9 Å². The van der Waals surface area contributed by atoms with Gasteiger partial charge in [-0.3, -0.25) is 9.69 Å². The highest BCUT2D eigenvalue weighted by Crippen LogP contribution is 2.38. The van der Waals surface area contributed by atoms with Crippen molar-refractivity contribution in [1.29, 1.82) is 0 Å². The number of benzene rings is 1. The summed E-state index contributed by atoms with van der Waals surface area (Å²) in [6.07, 6.45) is 1.60. The summed E-state index contributed by atoms with van der Waals surface area (Å²) in [7, 11) is 0. The Balaban J connectivity index is 1.58. The molecule has 0 spiro atoms. The maximum atomic E-state index is 12.1. The van der Waals surface area contributed by atoms with Gasteiger partial charge < -0.3 is 19.3 Å². The molecule has 1 N–H and O–H groups in total. The van der Waals surface area contributed by atoms with Crippen LogP contribution in [-0.4, -0.2) is 43.0 Å². The Kier molecular flexibility index (Phi) is 3.79. The van der Waals surface area contributed by atoms with E-state index in [1.807, 2.05) is 12.1 Å². The summed E-state index contributed by atoms with van der Waals surface area (Å²) in [4.78, 5) is 24.7. The zero-order chi connectivity index (χ0) is 17.4. The Labute approximate surface area is 143 Å². The summed E-state index contributed by atoms with van der Waals surface area (Å²) in [6, 6.07) is 5.48. The number of hydrogen-bond donors (Lipinski definition) is 1. The van der Waals surface area contributed by atoms with Crippen LogP contribution in [0.1, 0.15) is 12.5 Å². The number of ether oxygens (including phenoxy) is 2. The molecule has 2 aromatic rings. The summed E-state index contributed by atoms with van der Waals surface area (Å²) in [6.45, 7) is 2.60. The topological polar surface area (TPSA) is 93.9 Å². The molecule has 1 aromatic heterocycles. The zero-order valence-electron chi connectivity index (χ0n) is 13.7. The fourth-order valence-electron chi connectivity index (χ4n) is 3.01. The van der Waals surface area contributed by atoms with Gasteiger partial charge in [-0.1, -0.05) is 5.16 Å². The van der Waals surface area contributed by atoms with E-state index in [9.17, 15) is 9.59 Å². The number of fused-ring (bicyclic) bond motifs is 3. The molecule has 2 amide bonds. The van der Waals surface area contributed by atoms with Crippen LogP contribution < -0.4 is 15.0 Å². The minimum absolute atomic E-state index is 0.157. The van der Waals surface area contributed by atoms with Crippen molar-refractivity contribution in [3.8, 4) is 17.1 Å². The van der Waals surface area contributed by atoms with Gasteiger partial charge in [0.1, 0.15) is 11.9 Å². The first-order chi connectivity index (χ1) is 12.1. The summed E-state index contributed by atoms with van der Waals surface area (Å²) < 4.78 is 16.4. The fraction of sp³-hybridized carbons (Fsp3) is 0.353. The Hall–Kier alpha value is -3.03. The lowest BCUT2D eigenvalue weighted by Gasteiger charge is -2.15.